The molecule has 0 amide bonds. The maximum atomic E-state index is 12.3. The summed E-state index contributed by atoms with van der Waals surface area (Å²) in [6.45, 7) is 0.618. The first-order valence-electron chi connectivity index (χ1n) is 8.70. The van der Waals surface area contributed by atoms with Gasteiger partial charge in [0, 0.05) is 24.2 Å². The fourth-order valence-corrected chi connectivity index (χ4v) is 2.59. The van der Waals surface area contributed by atoms with E-state index in [1.165, 1.54) is 14.2 Å². The molecule has 1 N–H and O–H groups in total. The largest absolute Gasteiger partial charge is 0.497 e. The second-order valence-electron chi connectivity index (χ2n) is 5.80. The zero-order chi connectivity index (χ0) is 19.8. The van der Waals surface area contributed by atoms with Crippen LogP contribution in [0.25, 0.3) is 11.1 Å². The fraction of sp³-hybridized carbons (Fsp3) is 0.190. The molecule has 0 atom stereocenters. The molecule has 0 unspecified atom stereocenters. The van der Waals surface area contributed by atoms with E-state index in [2.05, 4.69) is 15.3 Å². The molecule has 3 rings (SSSR count). The minimum Gasteiger partial charge on any atom is -0.497 e. The second kappa shape index (κ2) is 9.36. The van der Waals surface area contributed by atoms with Crippen LogP contribution in [0.3, 0.4) is 0 Å². The van der Waals surface area contributed by atoms with Gasteiger partial charge in [-0.25, -0.2) is 9.78 Å². The number of hydrogen-bond donors (Lipinski definition) is 1. The summed E-state index contributed by atoms with van der Waals surface area (Å²) in [5.74, 6) is 1.22. The molecule has 144 valence electrons. The Balaban J connectivity index is 1.51. The molecule has 7 nitrogen and oxygen atoms in total. The van der Waals surface area contributed by atoms with Gasteiger partial charge in [-0.1, -0.05) is 0 Å². The van der Waals surface area contributed by atoms with Gasteiger partial charge in [0.05, 0.1) is 20.8 Å². The van der Waals surface area contributed by atoms with Gasteiger partial charge in [0.25, 0.3) is 0 Å². The summed E-state index contributed by atoms with van der Waals surface area (Å²) in [5, 5.41) is 3.12. The van der Waals surface area contributed by atoms with E-state index in [0.717, 1.165) is 11.1 Å². The standard InChI is InChI=1S/C21H21N3O4/c1-26-17-4-5-19(27-2)18(13-17)21(25)28-12-11-23-20-6-3-16(14-24-20)15-7-9-22-10-8-15/h3-10,13-14H,11-12H2,1-2H3,(H,23,24). The van der Waals surface area contributed by atoms with Crippen molar-refractivity contribution in [2.24, 2.45) is 0 Å². The molecular weight excluding hydrogens is 358 g/mol. The van der Waals surface area contributed by atoms with Crippen LogP contribution in [-0.2, 0) is 4.74 Å². The highest BCUT2D eigenvalue weighted by molar-refractivity contribution is 5.93. The molecule has 0 saturated carbocycles. The third-order valence-electron chi connectivity index (χ3n) is 4.05. The molecule has 0 spiro atoms. The topological polar surface area (TPSA) is 82.6 Å². The number of carbonyl (C=O) groups excluding carboxylic acids is 1. The van der Waals surface area contributed by atoms with Crippen LogP contribution in [0, 0.1) is 0 Å². The molecule has 0 aliphatic heterocycles. The van der Waals surface area contributed by atoms with Crippen molar-refractivity contribution in [3.63, 3.8) is 0 Å². The fourth-order valence-electron chi connectivity index (χ4n) is 2.59. The molecule has 28 heavy (non-hydrogen) atoms. The van der Waals surface area contributed by atoms with E-state index < -0.39 is 5.97 Å². The Bertz CT molecular complexity index is 915. The average molecular weight is 379 g/mol. The SMILES string of the molecule is COc1ccc(OC)c(C(=O)OCCNc2ccc(-c3ccncc3)cn2)c1. The number of nitrogens with zero attached hydrogens (tertiary/aromatic N) is 2. The Morgan fingerprint density at radius 1 is 1.00 bits per heavy atom. The van der Waals surface area contributed by atoms with Crippen molar-refractivity contribution in [1.29, 1.82) is 0 Å². The summed E-state index contributed by atoms with van der Waals surface area (Å²) < 4.78 is 15.7. The second-order valence-corrected chi connectivity index (χ2v) is 5.80. The molecule has 0 bridgehead atoms. The normalized spacial score (nSPS) is 10.2. The number of methoxy groups -OCH3 is 2. The Kier molecular flexibility index (Phi) is 6.41. The number of nitrogens with one attached hydrogen (secondary N) is 1. The molecule has 0 aliphatic carbocycles. The van der Waals surface area contributed by atoms with Crippen molar-refractivity contribution in [2.75, 3.05) is 32.7 Å². The molecule has 0 fully saturated rings. The number of ether oxygens (including phenoxy) is 3. The first kappa shape index (κ1) is 19.2. The molecule has 3 aromatic rings. The molecule has 0 saturated heterocycles. The lowest BCUT2D eigenvalue weighted by Crippen LogP contribution is -2.15. The van der Waals surface area contributed by atoms with Crippen molar-refractivity contribution in [2.45, 2.75) is 0 Å². The summed E-state index contributed by atoms with van der Waals surface area (Å²) in [4.78, 5) is 20.7. The number of aromatic nitrogens is 2. The minimum atomic E-state index is -0.474. The maximum absolute atomic E-state index is 12.3. The third-order valence-corrected chi connectivity index (χ3v) is 4.05. The Morgan fingerprint density at radius 2 is 1.82 bits per heavy atom. The molecule has 2 heterocycles. The highest BCUT2D eigenvalue weighted by Gasteiger charge is 2.15. The van der Waals surface area contributed by atoms with Crippen LogP contribution in [0.5, 0.6) is 11.5 Å². The summed E-state index contributed by atoms with van der Waals surface area (Å²) in [6, 6.07) is 12.7. The van der Waals surface area contributed by atoms with Crippen LogP contribution in [0.1, 0.15) is 10.4 Å². The number of carbonyl (C=O) groups is 1. The number of anilines is 1. The van der Waals surface area contributed by atoms with Crippen LogP contribution in [-0.4, -0.2) is 43.3 Å². The van der Waals surface area contributed by atoms with Crippen molar-refractivity contribution < 1.29 is 19.0 Å². The summed E-state index contributed by atoms with van der Waals surface area (Å²) in [6.07, 6.45) is 5.27. The number of benzene rings is 1. The highest BCUT2D eigenvalue weighted by Crippen LogP contribution is 2.24. The lowest BCUT2D eigenvalue weighted by Gasteiger charge is -2.11. The lowest BCUT2D eigenvalue weighted by molar-refractivity contribution is 0.0516. The van der Waals surface area contributed by atoms with Gasteiger partial charge in [0.2, 0.25) is 0 Å². The van der Waals surface area contributed by atoms with Crippen LogP contribution in [0.2, 0.25) is 0 Å². The zero-order valence-corrected chi connectivity index (χ0v) is 15.7. The van der Waals surface area contributed by atoms with Gasteiger partial charge in [-0.2, -0.15) is 0 Å². The number of hydrogen-bond acceptors (Lipinski definition) is 7. The van der Waals surface area contributed by atoms with E-state index in [1.54, 1.807) is 36.8 Å². The van der Waals surface area contributed by atoms with E-state index in [-0.39, 0.29) is 6.61 Å². The number of pyridine rings is 2. The van der Waals surface area contributed by atoms with E-state index >= 15 is 0 Å². The average Bonchev–Trinajstić information content (AvgIpc) is 2.77. The van der Waals surface area contributed by atoms with Gasteiger partial charge in [-0.3, -0.25) is 4.98 Å². The van der Waals surface area contributed by atoms with Crippen LogP contribution in [0.15, 0.2) is 61.1 Å². The van der Waals surface area contributed by atoms with Crippen LogP contribution < -0.4 is 14.8 Å². The van der Waals surface area contributed by atoms with Crippen molar-refractivity contribution in [3.05, 3.63) is 66.6 Å². The monoisotopic (exact) mass is 379 g/mol. The molecular formula is C21H21N3O4. The van der Waals surface area contributed by atoms with Gasteiger partial charge in [0.15, 0.2) is 0 Å². The van der Waals surface area contributed by atoms with Gasteiger partial charge < -0.3 is 19.5 Å². The van der Waals surface area contributed by atoms with Crippen molar-refractivity contribution in [3.8, 4) is 22.6 Å². The van der Waals surface area contributed by atoms with Crippen LogP contribution >= 0.6 is 0 Å². The molecule has 2 aromatic heterocycles. The van der Waals surface area contributed by atoms with Gasteiger partial charge in [0.1, 0.15) is 29.5 Å². The quantitative estimate of drug-likeness (QED) is 0.474. The molecule has 0 radical (unpaired) electrons. The summed E-state index contributed by atoms with van der Waals surface area (Å²) >= 11 is 0. The predicted octanol–water partition coefficient (Wildman–Crippen LogP) is 3.43. The predicted molar refractivity (Wildman–Crippen MR) is 106 cm³/mol. The lowest BCUT2D eigenvalue weighted by atomic mass is 10.1. The third kappa shape index (κ3) is 4.76. The first-order chi connectivity index (χ1) is 13.7. The van der Waals surface area contributed by atoms with E-state index in [1.807, 2.05) is 24.3 Å². The van der Waals surface area contributed by atoms with Crippen molar-refractivity contribution >= 4 is 11.8 Å². The maximum Gasteiger partial charge on any atom is 0.342 e. The van der Waals surface area contributed by atoms with E-state index in [4.69, 9.17) is 14.2 Å². The van der Waals surface area contributed by atoms with Gasteiger partial charge >= 0.3 is 5.97 Å². The summed E-state index contributed by atoms with van der Waals surface area (Å²) in [7, 11) is 3.04. The van der Waals surface area contributed by atoms with Gasteiger partial charge in [-0.15, -0.1) is 0 Å². The van der Waals surface area contributed by atoms with E-state index in [9.17, 15) is 4.79 Å². The molecule has 1 aromatic carbocycles. The summed E-state index contributed by atoms with van der Waals surface area (Å²) in [5.41, 5.74) is 2.38. The Labute approximate surface area is 163 Å². The van der Waals surface area contributed by atoms with E-state index in [0.29, 0.717) is 29.4 Å². The minimum absolute atomic E-state index is 0.187. The zero-order valence-electron chi connectivity index (χ0n) is 15.7. The number of rotatable bonds is 8. The highest BCUT2D eigenvalue weighted by atomic mass is 16.5. The van der Waals surface area contributed by atoms with Crippen molar-refractivity contribution in [1.82, 2.24) is 9.97 Å². The Morgan fingerprint density at radius 3 is 2.50 bits per heavy atom. The van der Waals surface area contributed by atoms with Gasteiger partial charge in [-0.05, 0) is 48.0 Å². The van der Waals surface area contributed by atoms with Crippen LogP contribution in [0.4, 0.5) is 5.82 Å². The number of esters is 1. The Hall–Kier alpha value is -3.61. The molecule has 0 aliphatic rings. The first-order valence-corrected chi connectivity index (χ1v) is 8.70. The smallest absolute Gasteiger partial charge is 0.342 e. The molecule has 7 heteroatoms.